The first-order valence-corrected chi connectivity index (χ1v) is 17.3. The van der Waals surface area contributed by atoms with Gasteiger partial charge in [-0.1, -0.05) is 42.3 Å². The number of alkyl carbamates (subject to hydrolysis) is 1. The second kappa shape index (κ2) is 17.7. The summed E-state index contributed by atoms with van der Waals surface area (Å²) in [4.78, 5) is 53.0. The summed E-state index contributed by atoms with van der Waals surface area (Å²) in [5.74, 6) is -1.31. The number of carbonyl (C=O) groups is 4. The van der Waals surface area contributed by atoms with E-state index in [2.05, 4.69) is 5.32 Å². The summed E-state index contributed by atoms with van der Waals surface area (Å²) in [5.41, 5.74) is 5.47. The number of hydrogen-bond donors (Lipinski definition) is 3. The number of nitrogens with zero attached hydrogens (tertiary/aromatic N) is 2. The highest BCUT2D eigenvalue weighted by Gasteiger charge is 2.56. The summed E-state index contributed by atoms with van der Waals surface area (Å²) in [6.07, 6.45) is 4.19. The molecule has 6 atom stereocenters. The largest absolute Gasteiger partial charge is 0.495 e. The molecule has 2 aliphatic rings. The summed E-state index contributed by atoms with van der Waals surface area (Å²) in [6.45, 7) is 9.09. The molecule has 0 aliphatic carbocycles. The van der Waals surface area contributed by atoms with Crippen LogP contribution in [0.5, 0.6) is 5.75 Å². The number of aliphatic hydroxyl groups is 1. The lowest BCUT2D eigenvalue weighted by Gasteiger charge is -2.42. The predicted octanol–water partition coefficient (Wildman–Crippen LogP) is 3.50. The molecule has 14 nitrogen and oxygen atoms in total. The Kier molecular flexibility index (Phi) is 14.5. The van der Waals surface area contributed by atoms with Crippen molar-refractivity contribution in [2.45, 2.75) is 96.0 Å². The molecule has 2 heterocycles. The van der Waals surface area contributed by atoms with Crippen LogP contribution in [0.1, 0.15) is 59.4 Å². The fourth-order valence-corrected chi connectivity index (χ4v) is 6.32. The van der Waals surface area contributed by atoms with Gasteiger partial charge in [-0.15, -0.1) is 0 Å². The number of carbonyl (C=O) groups excluding carboxylic acids is 4. The number of rotatable bonds is 17. The number of likely N-dealkylation sites (N-methyl/N-ethyl adjacent to an activating group) is 2. The van der Waals surface area contributed by atoms with Crippen LogP contribution >= 0.6 is 11.6 Å². The molecule has 51 heavy (non-hydrogen) atoms. The molecule has 3 amide bonds. The van der Waals surface area contributed by atoms with Crippen molar-refractivity contribution in [1.29, 1.82) is 0 Å². The van der Waals surface area contributed by atoms with Gasteiger partial charge in [0.25, 0.3) is 5.91 Å². The number of epoxide rings is 1. The van der Waals surface area contributed by atoms with E-state index in [0.29, 0.717) is 30.8 Å². The Morgan fingerprint density at radius 2 is 1.86 bits per heavy atom. The van der Waals surface area contributed by atoms with Gasteiger partial charge in [-0.2, -0.15) is 0 Å². The summed E-state index contributed by atoms with van der Waals surface area (Å²) in [7, 11) is 5.91. The van der Waals surface area contributed by atoms with E-state index in [1.165, 1.54) is 45.0 Å². The Hall–Kier alpha value is -3.69. The van der Waals surface area contributed by atoms with Gasteiger partial charge >= 0.3 is 12.1 Å². The van der Waals surface area contributed by atoms with Crippen LogP contribution in [-0.4, -0.2) is 111 Å². The smallest absolute Gasteiger partial charge is 0.409 e. The molecule has 2 saturated heterocycles. The van der Waals surface area contributed by atoms with Crippen molar-refractivity contribution in [2.75, 3.05) is 46.4 Å². The quantitative estimate of drug-likeness (QED) is 0.121. The van der Waals surface area contributed by atoms with Crippen molar-refractivity contribution in [1.82, 2.24) is 10.2 Å². The molecular weight excluding hydrogens is 684 g/mol. The lowest BCUT2D eigenvalue weighted by Crippen LogP contribution is -2.63. The highest BCUT2D eigenvalue weighted by molar-refractivity contribution is 6.35. The molecule has 1 aromatic rings. The minimum Gasteiger partial charge on any atom is -0.495 e. The number of nitrogens with two attached hydrogens (primary N) is 1. The number of benzene rings is 1. The van der Waals surface area contributed by atoms with Crippen LogP contribution < -0.4 is 20.7 Å². The zero-order valence-corrected chi connectivity index (χ0v) is 31.7. The van der Waals surface area contributed by atoms with E-state index in [-0.39, 0.29) is 41.4 Å². The lowest BCUT2D eigenvalue weighted by atomic mass is 9.86. The number of hydrogen-bond acceptors (Lipinski definition) is 11. The highest BCUT2D eigenvalue weighted by atomic mass is 35.5. The first-order chi connectivity index (χ1) is 23.9. The van der Waals surface area contributed by atoms with Gasteiger partial charge in [0.05, 0.1) is 24.5 Å². The number of anilines is 1. The van der Waals surface area contributed by atoms with Crippen molar-refractivity contribution in [3.05, 3.63) is 46.5 Å². The molecule has 0 saturated carbocycles. The van der Waals surface area contributed by atoms with E-state index in [0.717, 1.165) is 11.1 Å². The Morgan fingerprint density at radius 1 is 1.20 bits per heavy atom. The fraction of sp³-hybridized carbons (Fsp3) is 0.611. The van der Waals surface area contributed by atoms with Crippen molar-refractivity contribution >= 4 is 41.2 Å². The molecule has 2 fully saturated rings. The summed E-state index contributed by atoms with van der Waals surface area (Å²) >= 11 is 6.59. The van der Waals surface area contributed by atoms with E-state index in [4.69, 9.17) is 41.0 Å². The lowest BCUT2D eigenvalue weighted by molar-refractivity contribution is -0.155. The number of amides is 3. The van der Waals surface area contributed by atoms with Gasteiger partial charge in [-0.05, 0) is 64.8 Å². The monoisotopic (exact) mass is 736 g/mol. The van der Waals surface area contributed by atoms with E-state index in [1.807, 2.05) is 33.8 Å². The Morgan fingerprint density at radius 3 is 2.45 bits per heavy atom. The molecule has 0 aromatic heterocycles. The average molecular weight is 737 g/mol. The number of halogens is 1. The van der Waals surface area contributed by atoms with Gasteiger partial charge in [-0.3, -0.25) is 14.9 Å². The van der Waals surface area contributed by atoms with Crippen LogP contribution in [0.3, 0.4) is 0 Å². The van der Waals surface area contributed by atoms with E-state index >= 15 is 0 Å². The number of methoxy groups -OCH3 is 2. The van der Waals surface area contributed by atoms with E-state index < -0.39 is 48.6 Å². The van der Waals surface area contributed by atoms with Crippen LogP contribution in [0.25, 0.3) is 0 Å². The molecule has 3 rings (SSSR count). The van der Waals surface area contributed by atoms with Crippen molar-refractivity contribution in [2.24, 2.45) is 11.7 Å². The minimum absolute atomic E-state index is 0.0897. The number of nitrogens with one attached hydrogen (secondary N) is 1. The second-order valence-corrected chi connectivity index (χ2v) is 14.1. The van der Waals surface area contributed by atoms with Crippen molar-refractivity contribution in [3.63, 3.8) is 0 Å². The number of allylic oxidation sites excluding steroid dienone is 3. The number of cyclic esters (lactones) is 1. The normalized spacial score (nSPS) is 23.1. The molecular formula is C36H53ClN4O10. The number of ether oxygens (including phenoxy) is 5. The van der Waals surface area contributed by atoms with Gasteiger partial charge in [0.2, 0.25) is 5.91 Å². The zero-order valence-electron chi connectivity index (χ0n) is 31.0. The maximum atomic E-state index is 13.1. The predicted molar refractivity (Wildman–Crippen MR) is 191 cm³/mol. The van der Waals surface area contributed by atoms with E-state index in [9.17, 15) is 24.3 Å². The summed E-state index contributed by atoms with van der Waals surface area (Å²) in [5, 5.41) is 14.2. The summed E-state index contributed by atoms with van der Waals surface area (Å²) in [6, 6.07) is 2.61. The molecule has 15 heteroatoms. The van der Waals surface area contributed by atoms with Crippen LogP contribution in [0.2, 0.25) is 5.02 Å². The van der Waals surface area contributed by atoms with Gasteiger partial charge in [0.1, 0.15) is 29.0 Å². The average Bonchev–Trinajstić information content (AvgIpc) is 3.73. The fourth-order valence-electron chi connectivity index (χ4n) is 6.01. The Bertz CT molecular complexity index is 1500. The third kappa shape index (κ3) is 10.7. The molecule has 2 aliphatic heterocycles. The topological polar surface area (TPSA) is 182 Å². The molecule has 0 spiro atoms. The first kappa shape index (κ1) is 41.7. The molecule has 0 bridgehead atoms. The van der Waals surface area contributed by atoms with Crippen LogP contribution in [0.4, 0.5) is 10.5 Å². The van der Waals surface area contributed by atoms with Gasteiger partial charge < -0.3 is 44.3 Å². The van der Waals surface area contributed by atoms with Gasteiger partial charge in [-0.25, -0.2) is 9.59 Å². The highest BCUT2D eigenvalue weighted by Crippen LogP contribution is 2.44. The SMILES string of the molecule is COc1cc(C/C(C)=C/C=C/[C@@H](OC)[C@@]2(O)C[C@@H]([C@@H](C)[C@@H]3OC3(C)C)OC(=O)N2)cc(N(C)C(=O)COC(=O)[C@H](C)N(C)C(=O)CCCN)c1Cl. The first-order valence-electron chi connectivity index (χ1n) is 16.9. The number of esters is 1. The molecule has 1 aromatic carbocycles. The molecule has 284 valence electrons. The van der Waals surface area contributed by atoms with Crippen LogP contribution in [-0.2, 0) is 39.8 Å². The zero-order chi connectivity index (χ0) is 38.3. The Labute approximate surface area is 305 Å². The van der Waals surface area contributed by atoms with Crippen LogP contribution in [0, 0.1) is 5.92 Å². The third-order valence-electron chi connectivity index (χ3n) is 9.37. The van der Waals surface area contributed by atoms with E-state index in [1.54, 1.807) is 24.3 Å². The molecule has 0 radical (unpaired) electrons. The van der Waals surface area contributed by atoms with Gasteiger partial charge in [0.15, 0.2) is 12.3 Å². The van der Waals surface area contributed by atoms with Crippen LogP contribution in [0.15, 0.2) is 35.9 Å². The van der Waals surface area contributed by atoms with Crippen molar-refractivity contribution in [3.8, 4) is 5.75 Å². The maximum absolute atomic E-state index is 13.1. The Balaban J connectivity index is 1.68. The standard InChI is InChI=1S/C36H53ClN4O10/c1-21(12-10-13-28(48-9)36(46)19-27(50-34(45)39-36)22(2)32-35(4,5)51-32)16-24-17-25(31(37)26(18-24)47-8)41(7)30(43)20-49-33(44)23(3)40(6)29(42)14-11-15-38/h10,12-13,17-18,22-23,27-28,32,46H,11,14-16,19-20,38H2,1-9H3,(H,39,45)/b13-10+,21-12+/t22-,23+,27+,28-,32+,36+/m1/s1. The van der Waals surface area contributed by atoms with Gasteiger partial charge in [0, 0.05) is 40.0 Å². The molecule has 4 N–H and O–H groups in total. The third-order valence-corrected chi connectivity index (χ3v) is 9.75. The second-order valence-electron chi connectivity index (χ2n) is 13.7. The minimum atomic E-state index is -1.71. The van der Waals surface area contributed by atoms with Crippen molar-refractivity contribution < 1.29 is 48.0 Å². The summed E-state index contributed by atoms with van der Waals surface area (Å²) < 4.78 is 27.6. The molecule has 0 unspecified atom stereocenters. The maximum Gasteiger partial charge on any atom is 0.409 e.